The van der Waals surface area contributed by atoms with E-state index in [9.17, 15) is 19.5 Å². The number of benzene rings is 3. The first-order valence-electron chi connectivity index (χ1n) is 15.5. The molecule has 2 fully saturated rings. The minimum Gasteiger partial charge on any atom is -0.543 e. The molecule has 3 aliphatic heterocycles. The van der Waals surface area contributed by atoms with E-state index in [1.54, 1.807) is 5.38 Å². The van der Waals surface area contributed by atoms with Gasteiger partial charge in [0.25, 0.3) is 11.8 Å². The number of thioether (sulfide) groups is 2. The van der Waals surface area contributed by atoms with E-state index in [0.717, 1.165) is 28.0 Å². The molecule has 3 N–H and O–H groups in total. The second-order valence-corrected chi connectivity index (χ2v) is 14.5. The Kier molecular flexibility index (Phi) is 11.9. The first kappa shape index (κ1) is 37.1. The van der Waals surface area contributed by atoms with E-state index in [1.807, 2.05) is 91.0 Å². The summed E-state index contributed by atoms with van der Waals surface area (Å²) in [6, 6.07) is 27.5. The average molecular weight is 752 g/mol. The van der Waals surface area contributed by atoms with Crippen molar-refractivity contribution >= 4 is 63.5 Å². The van der Waals surface area contributed by atoms with Crippen LogP contribution in [0.15, 0.2) is 112 Å². The smallest absolute Gasteiger partial charge is 0.543 e. The molecule has 0 aliphatic carbocycles. The maximum Gasteiger partial charge on any atom is 1.00 e. The van der Waals surface area contributed by atoms with Crippen LogP contribution in [0.25, 0.3) is 0 Å². The largest absolute Gasteiger partial charge is 1.00 e. The summed E-state index contributed by atoms with van der Waals surface area (Å²) in [5, 5.41) is 20.6. The molecule has 0 saturated carbocycles. The number of aliphatic carboxylic acids is 1. The standard InChI is InChI=1S/C35H31N5O7S3.Na/c36-34-37-25(18-50-34)27(39-47-35(21-10-4-1-5-11-21,22-12-6-2-7-13-22)23-14-8-3-9-15-23)30(41)38-28-31(42)40-29(33(43)44)26(19-49-32(28)40)48-17-24-16-45-20-46-24;/h1-15,18,24,28,32H,16-17,19-20H2,(H2,36,37)(H,38,41)(H,43,44);/q;+1/p-1/b39-27-;/t24?,28?,32-;/m1./s1. The summed E-state index contributed by atoms with van der Waals surface area (Å²) in [5.74, 6) is -2.02. The number of β-lactam (4-membered cyclic amide) rings is 1. The molecular formula is C35H30N5NaO7S3. The van der Waals surface area contributed by atoms with Gasteiger partial charge in [-0.15, -0.1) is 34.9 Å². The maximum atomic E-state index is 14.1. The number of fused-ring (bicyclic) bond motifs is 1. The van der Waals surface area contributed by atoms with Crippen molar-refractivity contribution in [3.8, 4) is 0 Å². The van der Waals surface area contributed by atoms with E-state index in [4.69, 9.17) is 20.0 Å². The number of nitrogens with one attached hydrogen (secondary N) is 1. The molecule has 0 radical (unpaired) electrons. The molecule has 4 aromatic rings. The van der Waals surface area contributed by atoms with Crippen molar-refractivity contribution in [2.75, 3.05) is 30.6 Å². The predicted octanol–water partition coefficient (Wildman–Crippen LogP) is -0.0904. The van der Waals surface area contributed by atoms with Crippen molar-refractivity contribution in [2.45, 2.75) is 23.1 Å². The number of carbonyl (C=O) groups is 3. The van der Waals surface area contributed by atoms with Gasteiger partial charge in [0, 0.05) is 38.5 Å². The molecule has 2 saturated heterocycles. The number of aromatic nitrogens is 1. The molecule has 3 aliphatic rings. The van der Waals surface area contributed by atoms with Crippen molar-refractivity contribution in [3.05, 3.63) is 129 Å². The van der Waals surface area contributed by atoms with Gasteiger partial charge in [0.1, 0.15) is 23.9 Å². The Labute approximate surface area is 328 Å². The molecule has 1 aromatic heterocycles. The van der Waals surface area contributed by atoms with E-state index < -0.39 is 34.8 Å². The number of ether oxygens (including phenoxy) is 2. The van der Waals surface area contributed by atoms with Gasteiger partial charge in [-0.25, -0.2) is 4.98 Å². The monoisotopic (exact) mass is 751 g/mol. The molecule has 7 rings (SSSR count). The van der Waals surface area contributed by atoms with Gasteiger partial charge in [0.15, 0.2) is 10.8 Å². The number of carboxylic acid groups (broad SMARTS) is 1. The minimum absolute atomic E-state index is 0. The van der Waals surface area contributed by atoms with E-state index in [0.29, 0.717) is 23.0 Å². The Hall–Kier alpha value is -3.67. The first-order chi connectivity index (χ1) is 24.4. The van der Waals surface area contributed by atoms with E-state index in [1.165, 1.54) is 28.4 Å². The first-order valence-corrected chi connectivity index (χ1v) is 18.4. The van der Waals surface area contributed by atoms with Crippen LogP contribution in [0.2, 0.25) is 0 Å². The molecule has 0 bridgehead atoms. The minimum atomic E-state index is -1.47. The molecule has 4 heterocycles. The van der Waals surface area contributed by atoms with E-state index in [-0.39, 0.29) is 64.7 Å². The Morgan fingerprint density at radius 2 is 1.65 bits per heavy atom. The van der Waals surface area contributed by atoms with Gasteiger partial charge in [-0.3, -0.25) is 14.5 Å². The second-order valence-electron chi connectivity index (χ2n) is 11.4. The maximum absolute atomic E-state index is 14.1. The molecule has 2 unspecified atom stereocenters. The molecular weight excluding hydrogens is 722 g/mol. The zero-order valence-corrected chi connectivity index (χ0v) is 31.7. The number of nitrogens with zero attached hydrogens (tertiary/aromatic N) is 3. The molecule has 16 heteroatoms. The van der Waals surface area contributed by atoms with E-state index >= 15 is 0 Å². The van der Waals surface area contributed by atoms with Crippen LogP contribution in [0.4, 0.5) is 5.13 Å². The summed E-state index contributed by atoms with van der Waals surface area (Å²) in [6.07, 6.45) is -0.179. The Balaban J connectivity index is 0.00000448. The fraction of sp³-hybridized carbons (Fsp3) is 0.229. The van der Waals surface area contributed by atoms with Gasteiger partial charge in [0.2, 0.25) is 5.60 Å². The van der Waals surface area contributed by atoms with Gasteiger partial charge in [-0.2, -0.15) is 0 Å². The van der Waals surface area contributed by atoms with Crippen LogP contribution in [0.1, 0.15) is 22.4 Å². The van der Waals surface area contributed by atoms with Crippen molar-refractivity contribution in [3.63, 3.8) is 0 Å². The number of nitrogens with two attached hydrogens (primary N) is 1. The Morgan fingerprint density at radius 1 is 1.04 bits per heavy atom. The van der Waals surface area contributed by atoms with Crippen molar-refractivity contribution < 1.29 is 63.4 Å². The van der Waals surface area contributed by atoms with Gasteiger partial charge >= 0.3 is 29.6 Å². The Morgan fingerprint density at radius 3 is 2.16 bits per heavy atom. The van der Waals surface area contributed by atoms with Crippen LogP contribution >= 0.6 is 34.9 Å². The zero-order valence-electron chi connectivity index (χ0n) is 27.3. The number of carboxylic acids is 1. The van der Waals surface area contributed by atoms with Crippen molar-refractivity contribution in [1.29, 1.82) is 0 Å². The van der Waals surface area contributed by atoms with E-state index in [2.05, 4.69) is 15.5 Å². The SMILES string of the molecule is Nc1nc(/C(=N/OC(c2ccccc2)(c2ccccc2)c2ccccc2)C(=O)NC2C(=O)N3C(C(=O)[O-])=C(SCC4COCO4)CS[C@H]23)cs1.[Na+]. The summed E-state index contributed by atoms with van der Waals surface area (Å²) in [4.78, 5) is 52.4. The summed E-state index contributed by atoms with van der Waals surface area (Å²) >= 11 is 3.76. The summed E-state index contributed by atoms with van der Waals surface area (Å²) < 4.78 is 10.7. The number of amides is 2. The van der Waals surface area contributed by atoms with Gasteiger partial charge in [-0.1, -0.05) is 96.2 Å². The molecule has 3 atom stereocenters. The normalized spacial score (nSPS) is 20.2. The van der Waals surface area contributed by atoms with Crippen LogP contribution in [0.3, 0.4) is 0 Å². The molecule has 0 spiro atoms. The third kappa shape index (κ3) is 7.48. The number of nitrogen functional groups attached to an aromatic ring is 1. The fourth-order valence-electron chi connectivity index (χ4n) is 5.95. The number of oxime groups is 1. The van der Waals surface area contributed by atoms with Crippen LogP contribution in [-0.4, -0.2) is 75.8 Å². The predicted molar refractivity (Wildman–Crippen MR) is 189 cm³/mol. The topological polar surface area (TPSA) is 168 Å². The van der Waals surface area contributed by atoms with Crippen LogP contribution < -0.4 is 45.7 Å². The quantitative estimate of drug-likeness (QED) is 0.0653. The summed E-state index contributed by atoms with van der Waals surface area (Å²) in [6.45, 7) is 0.602. The molecule has 12 nitrogen and oxygen atoms in total. The molecule has 3 aromatic carbocycles. The number of rotatable bonds is 12. The second kappa shape index (κ2) is 16.3. The van der Waals surface area contributed by atoms with Crippen molar-refractivity contribution in [1.82, 2.24) is 15.2 Å². The summed E-state index contributed by atoms with van der Waals surface area (Å²) in [5.41, 5.74) is 6.69. The number of hydrogen-bond donors (Lipinski definition) is 2. The average Bonchev–Trinajstić information content (AvgIpc) is 3.84. The third-order valence-corrected chi connectivity index (χ3v) is 11.7. The third-order valence-electron chi connectivity index (χ3n) is 8.34. The number of anilines is 1. The Bertz CT molecular complexity index is 1850. The fourth-order valence-corrected chi connectivity index (χ4v) is 9.13. The van der Waals surface area contributed by atoms with Crippen LogP contribution in [0.5, 0.6) is 0 Å². The number of carbonyl (C=O) groups excluding carboxylic acids is 3. The molecule has 51 heavy (non-hydrogen) atoms. The van der Waals surface area contributed by atoms with Gasteiger partial charge in [-0.05, 0) is 0 Å². The van der Waals surface area contributed by atoms with Crippen molar-refractivity contribution in [2.24, 2.45) is 5.16 Å². The zero-order chi connectivity index (χ0) is 34.7. The number of hydrogen-bond acceptors (Lipinski definition) is 13. The number of thiazole rings is 1. The summed E-state index contributed by atoms with van der Waals surface area (Å²) in [7, 11) is 0. The van der Waals surface area contributed by atoms with Crippen LogP contribution in [0, 0.1) is 0 Å². The van der Waals surface area contributed by atoms with Crippen LogP contribution in [-0.2, 0) is 34.3 Å². The van der Waals surface area contributed by atoms with Gasteiger partial charge in [0.05, 0.1) is 24.4 Å². The molecule has 256 valence electrons. The van der Waals surface area contributed by atoms with Gasteiger partial charge < -0.3 is 35.3 Å². The molecule has 2 amide bonds.